The maximum absolute atomic E-state index is 12.5. The van der Waals surface area contributed by atoms with E-state index in [1.165, 1.54) is 20.2 Å². The third-order valence-electron chi connectivity index (χ3n) is 2.72. The fourth-order valence-electron chi connectivity index (χ4n) is 1.43. The van der Waals surface area contributed by atoms with Crippen LogP contribution >= 0.6 is 27.5 Å². The van der Waals surface area contributed by atoms with Crippen LogP contribution in [-0.2, 0) is 10.0 Å². The SMILES string of the molecule is COc1c(Br)cc(Cl)cc1S(=O)(=O)N(C)C(C)CO. The summed E-state index contributed by atoms with van der Waals surface area (Å²) < 4.78 is 31.6. The molecule has 0 saturated heterocycles. The minimum atomic E-state index is -3.80. The Morgan fingerprint density at radius 3 is 2.58 bits per heavy atom. The van der Waals surface area contributed by atoms with Crippen LogP contribution < -0.4 is 4.74 Å². The van der Waals surface area contributed by atoms with E-state index in [1.54, 1.807) is 13.0 Å². The van der Waals surface area contributed by atoms with E-state index in [-0.39, 0.29) is 22.3 Å². The second kappa shape index (κ2) is 6.41. The van der Waals surface area contributed by atoms with Gasteiger partial charge >= 0.3 is 0 Å². The van der Waals surface area contributed by atoms with Crippen LogP contribution in [0.15, 0.2) is 21.5 Å². The number of aliphatic hydroxyl groups excluding tert-OH is 1. The normalized spacial score (nSPS) is 13.6. The van der Waals surface area contributed by atoms with E-state index in [0.717, 1.165) is 4.31 Å². The lowest BCUT2D eigenvalue weighted by atomic mass is 10.3. The Hall–Kier alpha value is -0.340. The van der Waals surface area contributed by atoms with E-state index >= 15 is 0 Å². The summed E-state index contributed by atoms with van der Waals surface area (Å²) >= 11 is 9.10. The first-order chi connectivity index (χ1) is 8.75. The van der Waals surface area contributed by atoms with Gasteiger partial charge in [-0.1, -0.05) is 11.6 Å². The number of hydrogen-bond acceptors (Lipinski definition) is 4. The minimum Gasteiger partial charge on any atom is -0.494 e. The van der Waals surface area contributed by atoms with Crippen molar-refractivity contribution in [3.63, 3.8) is 0 Å². The fourth-order valence-corrected chi connectivity index (χ4v) is 4.16. The lowest BCUT2D eigenvalue weighted by Gasteiger charge is -2.24. The highest BCUT2D eigenvalue weighted by Crippen LogP contribution is 2.36. The summed E-state index contributed by atoms with van der Waals surface area (Å²) in [5.74, 6) is 0.182. The van der Waals surface area contributed by atoms with Crippen LogP contribution in [0.1, 0.15) is 6.92 Å². The van der Waals surface area contributed by atoms with Gasteiger partial charge in [0.1, 0.15) is 4.90 Å². The number of sulfonamides is 1. The Kier molecular flexibility index (Phi) is 5.64. The molecule has 0 amide bonds. The molecule has 0 aliphatic carbocycles. The van der Waals surface area contributed by atoms with Gasteiger partial charge in [-0.05, 0) is 35.0 Å². The number of ether oxygens (including phenoxy) is 1. The van der Waals surface area contributed by atoms with Crippen molar-refractivity contribution in [1.82, 2.24) is 4.31 Å². The second-order valence-corrected chi connectivity index (χ2v) is 7.23. The number of likely N-dealkylation sites (N-methyl/N-ethyl adjacent to an activating group) is 1. The van der Waals surface area contributed by atoms with Gasteiger partial charge in [-0.2, -0.15) is 4.31 Å². The van der Waals surface area contributed by atoms with Crippen LogP contribution in [0.25, 0.3) is 0 Å². The van der Waals surface area contributed by atoms with Gasteiger partial charge in [0.25, 0.3) is 0 Å². The molecule has 0 aliphatic heterocycles. The number of nitrogens with zero attached hydrogens (tertiary/aromatic N) is 1. The number of benzene rings is 1. The smallest absolute Gasteiger partial charge is 0.246 e. The lowest BCUT2D eigenvalue weighted by molar-refractivity contribution is 0.213. The van der Waals surface area contributed by atoms with Crippen molar-refractivity contribution >= 4 is 37.6 Å². The largest absolute Gasteiger partial charge is 0.494 e. The molecule has 0 heterocycles. The monoisotopic (exact) mass is 371 g/mol. The Morgan fingerprint density at radius 1 is 1.53 bits per heavy atom. The summed E-state index contributed by atoms with van der Waals surface area (Å²) in [7, 11) is -1.03. The standard InChI is InChI=1S/C11H15BrClNO4S/c1-7(6-15)14(2)19(16,17)10-5-8(13)4-9(12)11(10)18-3/h4-5,7,15H,6H2,1-3H3. The van der Waals surface area contributed by atoms with Crippen LogP contribution in [0.4, 0.5) is 0 Å². The van der Waals surface area contributed by atoms with E-state index in [1.807, 2.05) is 0 Å². The highest BCUT2D eigenvalue weighted by atomic mass is 79.9. The van der Waals surface area contributed by atoms with Gasteiger partial charge in [0.15, 0.2) is 5.75 Å². The van der Waals surface area contributed by atoms with Crippen molar-refractivity contribution in [3.05, 3.63) is 21.6 Å². The minimum absolute atomic E-state index is 0.0443. The highest BCUT2D eigenvalue weighted by molar-refractivity contribution is 9.10. The first kappa shape index (κ1) is 16.7. The zero-order valence-corrected chi connectivity index (χ0v) is 13.9. The van der Waals surface area contributed by atoms with Gasteiger partial charge in [0, 0.05) is 18.1 Å². The Bertz CT molecular complexity index is 564. The van der Waals surface area contributed by atoms with E-state index in [9.17, 15) is 8.42 Å². The molecule has 1 unspecified atom stereocenters. The fraction of sp³-hybridized carbons (Fsp3) is 0.455. The molecule has 1 aromatic carbocycles. The topological polar surface area (TPSA) is 66.8 Å². The summed E-state index contributed by atoms with van der Waals surface area (Å²) in [6, 6.07) is 2.32. The molecule has 0 fully saturated rings. The second-order valence-electron chi connectivity index (χ2n) is 3.97. The van der Waals surface area contributed by atoms with E-state index in [4.69, 9.17) is 21.4 Å². The average Bonchev–Trinajstić information content (AvgIpc) is 2.35. The summed E-state index contributed by atoms with van der Waals surface area (Å²) in [6.07, 6.45) is 0. The molecule has 0 aromatic heterocycles. The molecule has 0 radical (unpaired) electrons. The van der Waals surface area contributed by atoms with Crippen molar-refractivity contribution in [2.24, 2.45) is 0 Å². The number of rotatable bonds is 5. The van der Waals surface area contributed by atoms with Crippen molar-refractivity contribution in [2.75, 3.05) is 20.8 Å². The zero-order valence-electron chi connectivity index (χ0n) is 10.7. The molecule has 1 aromatic rings. The van der Waals surface area contributed by atoms with E-state index < -0.39 is 16.1 Å². The van der Waals surface area contributed by atoms with Crippen LogP contribution in [0, 0.1) is 0 Å². The van der Waals surface area contributed by atoms with Gasteiger partial charge in [0.2, 0.25) is 10.0 Å². The molecule has 1 atom stereocenters. The van der Waals surface area contributed by atoms with Gasteiger partial charge in [0.05, 0.1) is 18.2 Å². The third-order valence-corrected chi connectivity index (χ3v) is 5.50. The van der Waals surface area contributed by atoms with E-state index in [0.29, 0.717) is 4.47 Å². The van der Waals surface area contributed by atoms with Crippen molar-refractivity contribution in [2.45, 2.75) is 17.9 Å². The molecule has 0 saturated carbocycles. The van der Waals surface area contributed by atoms with Crippen LogP contribution in [0.3, 0.4) is 0 Å². The highest BCUT2D eigenvalue weighted by Gasteiger charge is 2.29. The van der Waals surface area contributed by atoms with Gasteiger partial charge in [-0.25, -0.2) is 8.42 Å². The predicted octanol–water partition coefficient (Wildman–Crippen LogP) is 2.11. The summed E-state index contributed by atoms with van der Waals surface area (Å²) in [6.45, 7) is 1.32. The zero-order chi connectivity index (χ0) is 14.8. The predicted molar refractivity (Wildman–Crippen MR) is 77.2 cm³/mol. The number of halogens is 2. The summed E-state index contributed by atoms with van der Waals surface area (Å²) in [5, 5.41) is 9.35. The molecule has 0 bridgehead atoms. The van der Waals surface area contributed by atoms with Gasteiger partial charge in [-0.3, -0.25) is 0 Å². The van der Waals surface area contributed by atoms with Gasteiger partial charge < -0.3 is 9.84 Å². The number of aliphatic hydroxyl groups is 1. The molecule has 5 nitrogen and oxygen atoms in total. The maximum atomic E-state index is 12.5. The van der Waals surface area contributed by atoms with Crippen molar-refractivity contribution in [3.8, 4) is 5.75 Å². The lowest BCUT2D eigenvalue weighted by Crippen LogP contribution is -2.37. The molecule has 8 heteroatoms. The van der Waals surface area contributed by atoms with Crippen LogP contribution in [0.5, 0.6) is 5.75 Å². The summed E-state index contributed by atoms with van der Waals surface area (Å²) in [5.41, 5.74) is 0. The molecule has 108 valence electrons. The average molecular weight is 373 g/mol. The summed E-state index contributed by atoms with van der Waals surface area (Å²) in [4.78, 5) is -0.0443. The molecular formula is C11H15BrClNO4S. The quantitative estimate of drug-likeness (QED) is 0.859. The molecular weight excluding hydrogens is 358 g/mol. The van der Waals surface area contributed by atoms with E-state index in [2.05, 4.69) is 15.9 Å². The number of methoxy groups -OCH3 is 1. The third kappa shape index (κ3) is 3.41. The van der Waals surface area contributed by atoms with Crippen molar-refractivity contribution < 1.29 is 18.3 Å². The van der Waals surface area contributed by atoms with Crippen molar-refractivity contribution in [1.29, 1.82) is 0 Å². The van der Waals surface area contributed by atoms with Crippen LogP contribution in [-0.4, -0.2) is 44.6 Å². The first-order valence-electron chi connectivity index (χ1n) is 5.37. The number of hydrogen-bond donors (Lipinski definition) is 1. The molecule has 0 spiro atoms. The maximum Gasteiger partial charge on any atom is 0.246 e. The Labute approximate surface area is 126 Å². The molecule has 1 N–H and O–H groups in total. The molecule has 19 heavy (non-hydrogen) atoms. The van der Waals surface area contributed by atoms with Crippen LogP contribution in [0.2, 0.25) is 5.02 Å². The molecule has 0 aliphatic rings. The molecule has 1 rings (SSSR count). The Morgan fingerprint density at radius 2 is 2.11 bits per heavy atom. The van der Waals surface area contributed by atoms with Gasteiger partial charge in [-0.15, -0.1) is 0 Å². The Balaban J connectivity index is 3.44. The first-order valence-corrected chi connectivity index (χ1v) is 7.98.